The Morgan fingerprint density at radius 1 is 1.07 bits per heavy atom. The van der Waals surface area contributed by atoms with Gasteiger partial charge in [0.15, 0.2) is 5.76 Å². The number of hydrogen-bond acceptors (Lipinski definition) is 7. The van der Waals surface area contributed by atoms with Gasteiger partial charge in [0.25, 0.3) is 0 Å². The molecule has 1 saturated heterocycles. The van der Waals surface area contributed by atoms with Gasteiger partial charge in [0.2, 0.25) is 11.7 Å². The number of Topliss-reactive ketones (excluding diaryl/α,β-unsaturated/α-hetero) is 1. The van der Waals surface area contributed by atoms with Crippen molar-refractivity contribution in [2.45, 2.75) is 46.1 Å². The lowest BCUT2D eigenvalue weighted by Gasteiger charge is -2.26. The topological polar surface area (TPSA) is 106 Å². The number of ketones is 1. The minimum atomic E-state index is -1.16. The van der Waals surface area contributed by atoms with E-state index in [9.17, 15) is 14.4 Å². The smallest absolute Gasteiger partial charge is 0.417 e. The number of carbonyl (C=O) groups excluding carboxylic acids is 3. The quantitative estimate of drug-likeness (QED) is 0.177. The summed E-state index contributed by atoms with van der Waals surface area (Å²) in [6.45, 7) is 6.57. The number of nitrogens with zero attached hydrogens (tertiary/aromatic N) is 1. The highest BCUT2D eigenvalue weighted by molar-refractivity contribution is 6.12. The third-order valence-electron chi connectivity index (χ3n) is 7.12. The fraction of sp³-hybridized carbons (Fsp3) is 0.406. The van der Waals surface area contributed by atoms with E-state index in [2.05, 4.69) is 0 Å². The predicted molar refractivity (Wildman–Crippen MR) is 150 cm³/mol. The molecule has 40 heavy (non-hydrogen) atoms. The molecule has 1 aromatic heterocycles. The van der Waals surface area contributed by atoms with Gasteiger partial charge in [0.1, 0.15) is 18.3 Å². The molecule has 0 spiro atoms. The lowest BCUT2D eigenvalue weighted by molar-refractivity contribution is -0.132. The molecule has 0 aliphatic carbocycles. The molecule has 2 heterocycles. The van der Waals surface area contributed by atoms with E-state index in [0.717, 1.165) is 27.2 Å². The van der Waals surface area contributed by atoms with Crippen LogP contribution in [0.5, 0.6) is 0 Å². The summed E-state index contributed by atoms with van der Waals surface area (Å²) in [5, 5.41) is 8.97. The Balaban J connectivity index is 1.69. The molecule has 2 atom stereocenters. The number of carbonyl (C=O) groups is 3. The normalized spacial score (nSPS) is 15.9. The van der Waals surface area contributed by atoms with Crippen LogP contribution in [0, 0.1) is 18.8 Å². The molecule has 1 aliphatic heterocycles. The van der Waals surface area contributed by atoms with E-state index in [1.54, 1.807) is 6.07 Å². The van der Waals surface area contributed by atoms with E-state index < -0.39 is 29.7 Å². The molecule has 0 saturated carbocycles. The van der Waals surface area contributed by atoms with Crippen LogP contribution in [0.1, 0.15) is 47.7 Å². The molecule has 0 unspecified atom stereocenters. The maximum atomic E-state index is 14.1. The third kappa shape index (κ3) is 6.87. The molecule has 0 bridgehead atoms. The van der Waals surface area contributed by atoms with Crippen LogP contribution in [0.2, 0.25) is 0 Å². The van der Waals surface area contributed by atoms with E-state index in [-0.39, 0.29) is 37.9 Å². The number of benzene rings is 2. The van der Waals surface area contributed by atoms with Crippen molar-refractivity contribution in [3.05, 3.63) is 83.3 Å². The summed E-state index contributed by atoms with van der Waals surface area (Å²) in [5.74, 6) is -1.56. The Bertz CT molecular complexity index is 1310. The van der Waals surface area contributed by atoms with Crippen molar-refractivity contribution in [2.75, 3.05) is 26.4 Å². The van der Waals surface area contributed by atoms with Crippen LogP contribution in [0.3, 0.4) is 0 Å². The summed E-state index contributed by atoms with van der Waals surface area (Å²) in [7, 11) is 0. The van der Waals surface area contributed by atoms with Crippen molar-refractivity contribution >= 4 is 17.8 Å². The molecular weight excluding hydrogens is 510 g/mol. The summed E-state index contributed by atoms with van der Waals surface area (Å²) >= 11 is 0. The maximum absolute atomic E-state index is 14.1. The first-order chi connectivity index (χ1) is 19.3. The summed E-state index contributed by atoms with van der Waals surface area (Å²) < 4.78 is 16.8. The van der Waals surface area contributed by atoms with Crippen molar-refractivity contribution in [1.29, 1.82) is 0 Å². The highest BCUT2D eigenvalue weighted by Gasteiger charge is 2.44. The van der Waals surface area contributed by atoms with Crippen molar-refractivity contribution in [3.8, 4) is 11.1 Å². The zero-order chi connectivity index (χ0) is 28.6. The van der Waals surface area contributed by atoms with Gasteiger partial charge in [-0.05, 0) is 42.9 Å². The molecule has 3 aromatic rings. The minimum Gasteiger partial charge on any atom is -0.457 e. The molecule has 212 valence electrons. The van der Waals surface area contributed by atoms with E-state index in [4.69, 9.17) is 19.0 Å². The van der Waals surface area contributed by atoms with Crippen molar-refractivity contribution in [1.82, 2.24) is 4.90 Å². The molecular formula is C32H37NO7. The predicted octanol–water partition coefficient (Wildman–Crippen LogP) is 5.24. The van der Waals surface area contributed by atoms with Gasteiger partial charge >= 0.3 is 6.09 Å². The van der Waals surface area contributed by atoms with Gasteiger partial charge in [-0.25, -0.2) is 9.69 Å². The van der Waals surface area contributed by atoms with E-state index in [1.807, 2.05) is 75.4 Å². The average molecular weight is 548 g/mol. The third-order valence-corrected chi connectivity index (χ3v) is 7.12. The van der Waals surface area contributed by atoms with Crippen molar-refractivity contribution in [2.24, 2.45) is 11.8 Å². The Kier molecular flexibility index (Phi) is 9.90. The largest absolute Gasteiger partial charge is 0.457 e. The van der Waals surface area contributed by atoms with Crippen LogP contribution in [0.4, 0.5) is 4.79 Å². The lowest BCUT2D eigenvalue weighted by Crippen LogP contribution is -2.47. The first kappa shape index (κ1) is 29.2. The minimum absolute atomic E-state index is 0.0286. The number of aryl methyl sites for hydroxylation is 2. The number of rotatable bonds is 13. The number of furan rings is 1. The molecule has 0 radical (unpaired) electrons. The molecule has 1 fully saturated rings. The SMILES string of the molecule is Cc1cccc(-c2cc(C(=O)[C@H](Cc3ccccc3)C(=O)N3C(=O)OC[C@H]3C(C)C)oc2CCCOCCO)c1. The number of imide groups is 1. The van der Waals surface area contributed by atoms with Crippen LogP contribution in [-0.2, 0) is 27.1 Å². The monoisotopic (exact) mass is 547 g/mol. The second kappa shape index (κ2) is 13.5. The van der Waals surface area contributed by atoms with Gasteiger partial charge in [-0.15, -0.1) is 0 Å². The van der Waals surface area contributed by atoms with Crippen LogP contribution in [-0.4, -0.2) is 60.3 Å². The first-order valence-electron chi connectivity index (χ1n) is 13.8. The highest BCUT2D eigenvalue weighted by atomic mass is 16.6. The standard InChI is InChI=1S/C32H37NO7/c1-21(2)27-20-39-32(37)33(27)31(36)26(18-23-10-5-4-6-11-23)30(35)29-19-25(24-12-7-9-22(3)17-24)28(40-29)13-8-15-38-16-14-34/h4-7,9-12,17,19,21,26-27,34H,8,13-16,18,20H2,1-3H3/t26-,27-/m0/s1. The fourth-order valence-electron chi connectivity index (χ4n) is 4.96. The number of amides is 2. The van der Waals surface area contributed by atoms with E-state index in [0.29, 0.717) is 25.2 Å². The zero-order valence-corrected chi connectivity index (χ0v) is 23.3. The second-order valence-corrected chi connectivity index (χ2v) is 10.5. The molecule has 1 aliphatic rings. The first-order valence-corrected chi connectivity index (χ1v) is 13.8. The Morgan fingerprint density at radius 2 is 1.85 bits per heavy atom. The van der Waals surface area contributed by atoms with Crippen LogP contribution in [0.25, 0.3) is 11.1 Å². The van der Waals surface area contributed by atoms with Crippen LogP contribution >= 0.6 is 0 Å². The van der Waals surface area contributed by atoms with Gasteiger partial charge in [-0.2, -0.15) is 0 Å². The Labute approximate surface area is 234 Å². The number of ether oxygens (including phenoxy) is 2. The van der Waals surface area contributed by atoms with Gasteiger partial charge < -0.3 is 19.0 Å². The number of aliphatic hydroxyl groups is 1. The highest BCUT2D eigenvalue weighted by Crippen LogP contribution is 2.32. The Hall–Kier alpha value is -3.75. The maximum Gasteiger partial charge on any atom is 0.417 e. The molecule has 4 rings (SSSR count). The van der Waals surface area contributed by atoms with Gasteiger partial charge in [-0.1, -0.05) is 74.0 Å². The summed E-state index contributed by atoms with van der Waals surface area (Å²) in [5.41, 5.74) is 3.55. The zero-order valence-electron chi connectivity index (χ0n) is 23.3. The van der Waals surface area contributed by atoms with Crippen molar-refractivity contribution < 1.29 is 33.4 Å². The summed E-state index contributed by atoms with van der Waals surface area (Å²) in [6, 6.07) is 18.4. The fourth-order valence-corrected chi connectivity index (χ4v) is 4.96. The van der Waals surface area contributed by atoms with E-state index >= 15 is 0 Å². The molecule has 2 aromatic carbocycles. The average Bonchev–Trinajstić information content (AvgIpc) is 3.55. The molecule has 8 nitrogen and oxygen atoms in total. The second-order valence-electron chi connectivity index (χ2n) is 10.5. The lowest BCUT2D eigenvalue weighted by atomic mass is 9.91. The molecule has 8 heteroatoms. The Morgan fingerprint density at radius 3 is 2.55 bits per heavy atom. The number of cyclic esters (lactones) is 1. The van der Waals surface area contributed by atoms with Gasteiger partial charge in [0.05, 0.1) is 19.3 Å². The van der Waals surface area contributed by atoms with Crippen molar-refractivity contribution in [3.63, 3.8) is 0 Å². The number of hydrogen-bond donors (Lipinski definition) is 1. The van der Waals surface area contributed by atoms with Crippen LogP contribution < -0.4 is 0 Å². The molecule has 1 N–H and O–H groups in total. The summed E-state index contributed by atoms with van der Waals surface area (Å²) in [4.78, 5) is 41.7. The van der Waals surface area contributed by atoms with Crippen LogP contribution in [0.15, 0.2) is 65.1 Å². The van der Waals surface area contributed by atoms with Gasteiger partial charge in [0, 0.05) is 18.6 Å². The van der Waals surface area contributed by atoms with Gasteiger partial charge in [-0.3, -0.25) is 9.59 Å². The molecule has 2 amide bonds. The van der Waals surface area contributed by atoms with E-state index in [1.165, 1.54) is 0 Å². The number of aliphatic hydroxyl groups excluding tert-OH is 1. The summed E-state index contributed by atoms with van der Waals surface area (Å²) in [6.07, 6.45) is 0.533.